The number of aromatic nitrogens is 5. The molecule has 1 aliphatic rings. The number of amides is 1. The number of fused-ring (bicyclic) bond motifs is 1. The van der Waals surface area contributed by atoms with Gasteiger partial charge in [0.15, 0.2) is 11.3 Å². The summed E-state index contributed by atoms with van der Waals surface area (Å²) in [6, 6.07) is 0.104. The van der Waals surface area contributed by atoms with Gasteiger partial charge in [-0.2, -0.15) is 4.68 Å². The summed E-state index contributed by atoms with van der Waals surface area (Å²) >= 11 is 0. The van der Waals surface area contributed by atoms with Crippen molar-refractivity contribution in [3.63, 3.8) is 0 Å². The molecule has 0 aromatic carbocycles. The Morgan fingerprint density at radius 1 is 1.43 bits per heavy atom. The van der Waals surface area contributed by atoms with E-state index in [-0.39, 0.29) is 17.4 Å². The Balaban J connectivity index is 1.80. The Hall–Kier alpha value is -2.50. The zero-order chi connectivity index (χ0) is 16.6. The fraction of sp³-hybridized carbons (Fsp3) is 0.545. The molecule has 23 heavy (non-hydrogen) atoms. The lowest BCUT2D eigenvalue weighted by Gasteiger charge is -2.07. The van der Waals surface area contributed by atoms with Crippen LogP contribution in [0.4, 0.5) is 13.2 Å². The molecular weight excluding hydrogens is 321 g/mol. The zero-order valence-corrected chi connectivity index (χ0v) is 11.6. The number of rotatable bonds is 5. The van der Waals surface area contributed by atoms with Crippen LogP contribution in [0.5, 0.6) is 0 Å². The van der Waals surface area contributed by atoms with Crippen molar-refractivity contribution in [1.29, 1.82) is 0 Å². The Morgan fingerprint density at radius 3 is 2.83 bits per heavy atom. The number of carbonyl (C=O) groups is 1. The number of carbonyl (C=O) groups excluding carboxylic acids is 1. The van der Waals surface area contributed by atoms with E-state index in [1.165, 1.54) is 0 Å². The van der Waals surface area contributed by atoms with Gasteiger partial charge in [-0.05, 0) is 12.8 Å². The summed E-state index contributed by atoms with van der Waals surface area (Å²) in [6.07, 6.45) is -1.94. The molecule has 0 bridgehead atoms. The number of alkyl halides is 3. The average Bonchev–Trinajstić information content (AvgIpc) is 3.15. The second kappa shape index (κ2) is 5.61. The van der Waals surface area contributed by atoms with E-state index < -0.39 is 31.1 Å². The van der Waals surface area contributed by atoms with Gasteiger partial charge in [0.05, 0.1) is 13.2 Å². The number of nitrogens with zero attached hydrogens (tertiary/aromatic N) is 5. The van der Waals surface area contributed by atoms with Crippen molar-refractivity contribution in [2.24, 2.45) is 0 Å². The third-order valence-electron chi connectivity index (χ3n) is 3.11. The van der Waals surface area contributed by atoms with Crippen molar-refractivity contribution in [2.45, 2.75) is 31.8 Å². The summed E-state index contributed by atoms with van der Waals surface area (Å²) in [5.41, 5.74) is -0.875. The van der Waals surface area contributed by atoms with E-state index in [4.69, 9.17) is 0 Å². The fourth-order valence-corrected chi connectivity index (χ4v) is 1.87. The SMILES string of the molecule is O=C(NC1CC1)c1ncn2c(=O)n(CCOC(F)(F)F)nnc12. The smallest absolute Gasteiger partial charge is 0.348 e. The second-order valence-corrected chi connectivity index (χ2v) is 4.92. The van der Waals surface area contributed by atoms with E-state index >= 15 is 0 Å². The van der Waals surface area contributed by atoms with Crippen LogP contribution in [-0.2, 0) is 11.3 Å². The third-order valence-corrected chi connectivity index (χ3v) is 3.11. The number of imidazole rings is 1. The molecule has 124 valence electrons. The second-order valence-electron chi connectivity index (χ2n) is 4.92. The van der Waals surface area contributed by atoms with Gasteiger partial charge in [-0.15, -0.1) is 18.3 Å². The highest BCUT2D eigenvalue weighted by Gasteiger charge is 2.29. The lowest BCUT2D eigenvalue weighted by Crippen LogP contribution is -2.32. The molecule has 1 fully saturated rings. The topological polar surface area (TPSA) is 103 Å². The summed E-state index contributed by atoms with van der Waals surface area (Å²) in [4.78, 5) is 27.8. The number of halogens is 3. The lowest BCUT2D eigenvalue weighted by atomic mass is 10.4. The van der Waals surface area contributed by atoms with Crippen molar-refractivity contribution in [1.82, 2.24) is 29.7 Å². The summed E-state index contributed by atoms with van der Waals surface area (Å²) in [7, 11) is 0. The van der Waals surface area contributed by atoms with Gasteiger partial charge < -0.3 is 5.32 Å². The average molecular weight is 332 g/mol. The van der Waals surface area contributed by atoms with E-state index in [9.17, 15) is 22.8 Å². The maximum absolute atomic E-state index is 12.1. The molecule has 0 unspecified atom stereocenters. The monoisotopic (exact) mass is 332 g/mol. The number of ether oxygens (including phenoxy) is 1. The first-order valence-electron chi connectivity index (χ1n) is 6.67. The van der Waals surface area contributed by atoms with Crippen molar-refractivity contribution in [2.75, 3.05) is 6.61 Å². The van der Waals surface area contributed by atoms with Crippen LogP contribution >= 0.6 is 0 Å². The highest BCUT2D eigenvalue weighted by molar-refractivity contribution is 5.98. The fourth-order valence-electron chi connectivity index (χ4n) is 1.87. The van der Waals surface area contributed by atoms with E-state index in [1.54, 1.807) is 0 Å². The molecule has 1 amide bonds. The molecule has 2 heterocycles. The van der Waals surface area contributed by atoms with Crippen LogP contribution in [0.15, 0.2) is 11.1 Å². The zero-order valence-electron chi connectivity index (χ0n) is 11.6. The van der Waals surface area contributed by atoms with Crippen LogP contribution in [0, 0.1) is 0 Å². The standard InChI is InChI=1S/C11H11F3N6O3/c12-11(13,14)23-4-3-20-10(22)19-5-15-7(8(19)17-18-20)9(21)16-6-1-2-6/h5-6H,1-4H2,(H,16,21). The van der Waals surface area contributed by atoms with Gasteiger partial charge >= 0.3 is 12.1 Å². The van der Waals surface area contributed by atoms with Gasteiger partial charge in [-0.1, -0.05) is 5.21 Å². The van der Waals surface area contributed by atoms with Crippen molar-refractivity contribution >= 4 is 11.6 Å². The summed E-state index contributed by atoms with van der Waals surface area (Å²) in [6.45, 7) is -1.23. The highest BCUT2D eigenvalue weighted by Crippen LogP contribution is 2.19. The molecule has 1 N–H and O–H groups in total. The molecule has 0 saturated heterocycles. The molecule has 9 nitrogen and oxygen atoms in total. The van der Waals surface area contributed by atoms with Crippen LogP contribution in [0.1, 0.15) is 23.3 Å². The van der Waals surface area contributed by atoms with E-state index in [0.29, 0.717) is 4.68 Å². The minimum absolute atomic E-state index is 0.0545. The number of hydrogen-bond donors (Lipinski definition) is 1. The quantitative estimate of drug-likeness (QED) is 0.807. The molecule has 3 rings (SSSR count). The Kier molecular flexibility index (Phi) is 3.75. The van der Waals surface area contributed by atoms with Crippen LogP contribution in [0.25, 0.3) is 5.65 Å². The first-order valence-corrected chi connectivity index (χ1v) is 6.67. The molecule has 0 aliphatic heterocycles. The predicted molar refractivity (Wildman–Crippen MR) is 67.5 cm³/mol. The Bertz CT molecular complexity index is 794. The van der Waals surface area contributed by atoms with Gasteiger partial charge in [-0.25, -0.2) is 14.2 Å². The first-order chi connectivity index (χ1) is 10.8. The molecule has 2 aromatic heterocycles. The van der Waals surface area contributed by atoms with Gasteiger partial charge in [0.25, 0.3) is 5.91 Å². The molecule has 12 heteroatoms. The molecular formula is C11H11F3N6O3. The molecule has 0 radical (unpaired) electrons. The predicted octanol–water partition coefficient (Wildman–Crippen LogP) is -0.285. The van der Waals surface area contributed by atoms with Crippen molar-refractivity contribution in [3.05, 3.63) is 22.5 Å². The van der Waals surface area contributed by atoms with E-state index in [1.807, 2.05) is 0 Å². The van der Waals surface area contributed by atoms with E-state index in [0.717, 1.165) is 23.6 Å². The van der Waals surface area contributed by atoms with E-state index in [2.05, 4.69) is 25.3 Å². The molecule has 0 spiro atoms. The lowest BCUT2D eigenvalue weighted by molar-refractivity contribution is -0.325. The Morgan fingerprint density at radius 2 is 2.17 bits per heavy atom. The largest absolute Gasteiger partial charge is 0.522 e. The van der Waals surface area contributed by atoms with Crippen LogP contribution in [0.2, 0.25) is 0 Å². The first kappa shape index (κ1) is 15.4. The highest BCUT2D eigenvalue weighted by atomic mass is 19.4. The van der Waals surface area contributed by atoms with Crippen LogP contribution in [0.3, 0.4) is 0 Å². The van der Waals surface area contributed by atoms with Gasteiger partial charge in [0.2, 0.25) is 0 Å². The number of hydrogen-bond acceptors (Lipinski definition) is 6. The molecule has 2 aromatic rings. The molecule has 0 atom stereocenters. The summed E-state index contributed by atoms with van der Waals surface area (Å²) in [5, 5.41) is 9.88. The minimum atomic E-state index is -4.79. The van der Waals surface area contributed by atoms with Crippen molar-refractivity contribution in [3.8, 4) is 0 Å². The van der Waals surface area contributed by atoms with Crippen LogP contribution in [-0.4, -0.2) is 49.3 Å². The molecule has 1 saturated carbocycles. The van der Waals surface area contributed by atoms with Crippen LogP contribution < -0.4 is 11.0 Å². The van der Waals surface area contributed by atoms with Gasteiger partial charge in [-0.3, -0.25) is 9.53 Å². The maximum Gasteiger partial charge on any atom is 0.522 e. The number of nitrogens with one attached hydrogen (secondary N) is 1. The Labute approximate surface area is 126 Å². The summed E-state index contributed by atoms with van der Waals surface area (Å²) < 4.78 is 40.9. The van der Waals surface area contributed by atoms with Crippen molar-refractivity contribution < 1.29 is 22.7 Å². The maximum atomic E-state index is 12.1. The normalized spacial score (nSPS) is 15.1. The van der Waals surface area contributed by atoms with Gasteiger partial charge in [0.1, 0.15) is 6.33 Å². The van der Waals surface area contributed by atoms with Gasteiger partial charge in [0, 0.05) is 6.04 Å². The summed E-state index contributed by atoms with van der Waals surface area (Å²) in [5.74, 6) is -0.471. The third kappa shape index (κ3) is 3.47. The molecule has 1 aliphatic carbocycles. The minimum Gasteiger partial charge on any atom is -0.348 e.